The summed E-state index contributed by atoms with van der Waals surface area (Å²) in [6, 6.07) is 14.7. The first kappa shape index (κ1) is 20.8. The number of aromatic amines is 1. The molecular weight excluding hydrogens is 394 g/mol. The topological polar surface area (TPSA) is 84.5 Å². The van der Waals surface area contributed by atoms with Gasteiger partial charge in [-0.05, 0) is 48.7 Å². The molecule has 1 N–H and O–H groups in total. The van der Waals surface area contributed by atoms with Gasteiger partial charge in [0, 0.05) is 19.2 Å². The Morgan fingerprint density at radius 2 is 2.16 bits per heavy atom. The van der Waals surface area contributed by atoms with Gasteiger partial charge in [-0.1, -0.05) is 24.3 Å². The monoisotopic (exact) mass is 419 g/mol. The summed E-state index contributed by atoms with van der Waals surface area (Å²) in [5.41, 5.74) is 1.26. The number of nitrogens with one attached hydrogen (secondary N) is 1. The van der Waals surface area contributed by atoms with Gasteiger partial charge in [0.15, 0.2) is 0 Å². The van der Waals surface area contributed by atoms with Crippen LogP contribution in [0.1, 0.15) is 24.2 Å². The number of carbonyl (C=O) groups excluding carboxylic acids is 1. The summed E-state index contributed by atoms with van der Waals surface area (Å²) in [6.45, 7) is 1.34. The molecule has 2 heterocycles. The van der Waals surface area contributed by atoms with Crippen molar-refractivity contribution >= 4 is 22.9 Å². The molecule has 2 aromatic carbocycles. The minimum absolute atomic E-state index is 0.0126. The van der Waals surface area contributed by atoms with Gasteiger partial charge in [0.1, 0.15) is 11.6 Å². The molecule has 31 heavy (non-hydrogen) atoms. The highest BCUT2D eigenvalue weighted by Gasteiger charge is 2.22. The van der Waals surface area contributed by atoms with Gasteiger partial charge in [-0.15, -0.1) is 0 Å². The Kier molecular flexibility index (Phi) is 6.43. The van der Waals surface area contributed by atoms with Crippen LogP contribution >= 0.6 is 0 Å². The number of aromatic nitrogens is 2. The quantitative estimate of drug-likeness (QED) is 0.595. The second-order valence-corrected chi connectivity index (χ2v) is 7.49. The number of methoxy groups -OCH3 is 1. The summed E-state index contributed by atoms with van der Waals surface area (Å²) in [6.07, 6.45) is 5.16. The first-order chi connectivity index (χ1) is 15.1. The van der Waals surface area contributed by atoms with Gasteiger partial charge in [-0.3, -0.25) is 9.59 Å². The van der Waals surface area contributed by atoms with Crippen molar-refractivity contribution in [1.82, 2.24) is 14.9 Å². The number of nitrogens with zero attached hydrogens (tertiary/aromatic N) is 2. The Morgan fingerprint density at radius 3 is 2.97 bits per heavy atom. The third-order valence-corrected chi connectivity index (χ3v) is 5.27. The Labute approximate surface area is 180 Å². The molecule has 1 unspecified atom stereocenters. The number of fused-ring (bicyclic) bond motifs is 1. The van der Waals surface area contributed by atoms with Gasteiger partial charge in [-0.25, -0.2) is 4.98 Å². The minimum atomic E-state index is -0.211. The van der Waals surface area contributed by atoms with E-state index in [2.05, 4.69) is 9.97 Å². The highest BCUT2D eigenvalue weighted by Crippen LogP contribution is 2.17. The summed E-state index contributed by atoms with van der Waals surface area (Å²) in [7, 11) is 1.61. The second-order valence-electron chi connectivity index (χ2n) is 7.49. The van der Waals surface area contributed by atoms with Crippen molar-refractivity contribution < 1.29 is 14.3 Å². The lowest BCUT2D eigenvalue weighted by Gasteiger charge is -2.24. The number of rotatable bonds is 7. The van der Waals surface area contributed by atoms with Crippen molar-refractivity contribution in [3.8, 4) is 5.75 Å². The number of para-hydroxylation sites is 1. The van der Waals surface area contributed by atoms with E-state index < -0.39 is 0 Å². The molecule has 0 spiro atoms. The zero-order valence-corrected chi connectivity index (χ0v) is 17.4. The van der Waals surface area contributed by atoms with Gasteiger partial charge >= 0.3 is 0 Å². The van der Waals surface area contributed by atoms with Crippen LogP contribution in [0.2, 0.25) is 0 Å². The molecule has 0 bridgehead atoms. The van der Waals surface area contributed by atoms with Crippen molar-refractivity contribution in [2.45, 2.75) is 25.5 Å². The van der Waals surface area contributed by atoms with Crippen LogP contribution < -0.4 is 10.3 Å². The molecular formula is C24H25N3O4. The third kappa shape index (κ3) is 5.19. The van der Waals surface area contributed by atoms with Gasteiger partial charge < -0.3 is 19.4 Å². The van der Waals surface area contributed by atoms with E-state index in [4.69, 9.17) is 9.47 Å². The first-order valence-electron chi connectivity index (χ1n) is 10.3. The lowest BCUT2D eigenvalue weighted by atomic mass is 10.2. The van der Waals surface area contributed by atoms with E-state index in [0.29, 0.717) is 29.9 Å². The molecule has 3 aromatic rings. The molecule has 0 radical (unpaired) electrons. The van der Waals surface area contributed by atoms with Crippen LogP contribution in [0.3, 0.4) is 0 Å². The van der Waals surface area contributed by atoms with E-state index >= 15 is 0 Å². The molecule has 1 fully saturated rings. The van der Waals surface area contributed by atoms with Crippen molar-refractivity contribution in [3.05, 3.63) is 76.3 Å². The molecule has 1 amide bonds. The van der Waals surface area contributed by atoms with E-state index in [-0.39, 0.29) is 24.1 Å². The Balaban J connectivity index is 1.57. The number of amides is 1. The van der Waals surface area contributed by atoms with Crippen LogP contribution in [0, 0.1) is 0 Å². The average Bonchev–Trinajstić information content (AvgIpc) is 3.30. The molecule has 1 saturated heterocycles. The number of ether oxygens (including phenoxy) is 2. The summed E-state index contributed by atoms with van der Waals surface area (Å²) in [4.78, 5) is 34.5. The normalized spacial score (nSPS) is 16.1. The molecule has 1 aliphatic heterocycles. The van der Waals surface area contributed by atoms with Crippen molar-refractivity contribution in [2.75, 3.05) is 20.3 Å². The predicted molar refractivity (Wildman–Crippen MR) is 119 cm³/mol. The third-order valence-electron chi connectivity index (χ3n) is 5.27. The standard InChI is InChI=1S/C24H25N3O4/c1-30-18-7-4-6-17(14-18)11-12-23(28)27(15-19-8-5-13-31-19)16-22-25-21-10-3-2-9-20(21)24(29)26-22/h2-4,6-7,9-12,14,19H,5,8,13,15-16H2,1H3,(H,25,26,29)/b12-11+. The van der Waals surface area contributed by atoms with E-state index in [1.54, 1.807) is 36.3 Å². The van der Waals surface area contributed by atoms with Crippen LogP contribution in [0.5, 0.6) is 5.75 Å². The minimum Gasteiger partial charge on any atom is -0.497 e. The highest BCUT2D eigenvalue weighted by atomic mass is 16.5. The molecule has 1 aromatic heterocycles. The van der Waals surface area contributed by atoms with E-state index in [9.17, 15) is 9.59 Å². The summed E-state index contributed by atoms with van der Waals surface area (Å²) < 4.78 is 11.0. The maximum atomic E-state index is 13.0. The van der Waals surface area contributed by atoms with Crippen molar-refractivity contribution in [1.29, 1.82) is 0 Å². The number of hydrogen-bond donors (Lipinski definition) is 1. The molecule has 7 heteroatoms. The fourth-order valence-corrected chi connectivity index (χ4v) is 3.68. The lowest BCUT2D eigenvalue weighted by molar-refractivity contribution is -0.128. The number of H-pyrrole nitrogens is 1. The molecule has 160 valence electrons. The first-order valence-corrected chi connectivity index (χ1v) is 10.3. The summed E-state index contributed by atoms with van der Waals surface area (Å²) >= 11 is 0. The van der Waals surface area contributed by atoms with Gasteiger partial charge in [0.2, 0.25) is 5.91 Å². The predicted octanol–water partition coefficient (Wildman–Crippen LogP) is 3.15. The van der Waals surface area contributed by atoms with Crippen LogP contribution in [-0.4, -0.2) is 47.1 Å². The zero-order chi connectivity index (χ0) is 21.6. The summed E-state index contributed by atoms with van der Waals surface area (Å²) in [5.74, 6) is 1.00. The highest BCUT2D eigenvalue weighted by molar-refractivity contribution is 5.91. The van der Waals surface area contributed by atoms with Crippen molar-refractivity contribution in [3.63, 3.8) is 0 Å². The largest absolute Gasteiger partial charge is 0.497 e. The molecule has 7 nitrogen and oxygen atoms in total. The van der Waals surface area contributed by atoms with E-state index in [0.717, 1.165) is 24.2 Å². The Morgan fingerprint density at radius 1 is 1.29 bits per heavy atom. The Bertz CT molecular complexity index is 1150. The SMILES string of the molecule is COc1cccc(/C=C/C(=O)N(Cc2nc3ccccc3c(=O)[nH]2)CC2CCCO2)c1. The maximum Gasteiger partial charge on any atom is 0.258 e. The second kappa shape index (κ2) is 9.57. The molecule has 4 rings (SSSR count). The summed E-state index contributed by atoms with van der Waals surface area (Å²) in [5, 5.41) is 0.529. The number of benzene rings is 2. The maximum absolute atomic E-state index is 13.0. The zero-order valence-electron chi connectivity index (χ0n) is 17.4. The smallest absolute Gasteiger partial charge is 0.258 e. The van der Waals surface area contributed by atoms with Crippen LogP contribution in [0.25, 0.3) is 17.0 Å². The van der Waals surface area contributed by atoms with Crippen LogP contribution in [0.4, 0.5) is 0 Å². The molecule has 0 aliphatic carbocycles. The van der Waals surface area contributed by atoms with Crippen LogP contribution in [-0.2, 0) is 16.1 Å². The van der Waals surface area contributed by atoms with E-state index in [1.807, 2.05) is 30.3 Å². The van der Waals surface area contributed by atoms with E-state index in [1.165, 1.54) is 6.08 Å². The number of hydrogen-bond acceptors (Lipinski definition) is 5. The van der Waals surface area contributed by atoms with Gasteiger partial charge in [0.05, 0.1) is 30.7 Å². The number of carbonyl (C=O) groups is 1. The van der Waals surface area contributed by atoms with Gasteiger partial charge in [-0.2, -0.15) is 0 Å². The Hall–Kier alpha value is -3.45. The van der Waals surface area contributed by atoms with Crippen molar-refractivity contribution in [2.24, 2.45) is 0 Å². The fourth-order valence-electron chi connectivity index (χ4n) is 3.68. The fraction of sp³-hybridized carbons (Fsp3) is 0.292. The van der Waals surface area contributed by atoms with Gasteiger partial charge in [0.25, 0.3) is 5.56 Å². The average molecular weight is 419 g/mol. The molecule has 0 saturated carbocycles. The molecule has 1 atom stereocenters. The van der Waals surface area contributed by atoms with Crippen LogP contribution in [0.15, 0.2) is 59.4 Å². The molecule has 1 aliphatic rings. The lowest BCUT2D eigenvalue weighted by Crippen LogP contribution is -2.36.